The van der Waals surface area contributed by atoms with Gasteiger partial charge in [-0.25, -0.2) is 9.18 Å². The summed E-state index contributed by atoms with van der Waals surface area (Å²) in [5, 5.41) is 0. The van der Waals surface area contributed by atoms with E-state index < -0.39 is 17.4 Å². The van der Waals surface area contributed by atoms with E-state index in [-0.39, 0.29) is 6.54 Å². The molecule has 0 spiro atoms. The number of halogens is 1. The van der Waals surface area contributed by atoms with Crippen molar-refractivity contribution < 1.29 is 13.9 Å². The van der Waals surface area contributed by atoms with Gasteiger partial charge in [-0.05, 0) is 40.5 Å². The standard InChI is InChI=1S/C11H20FNO2/c1-10(2,3)15-9(14)13-7-5-6-11(4,12)8-13/h5-8H2,1-4H3. The maximum absolute atomic E-state index is 13.7. The Balaban J connectivity index is 2.53. The van der Waals surface area contributed by atoms with E-state index in [0.29, 0.717) is 19.4 Å². The second-order valence-corrected chi connectivity index (χ2v) is 5.42. The van der Waals surface area contributed by atoms with Gasteiger partial charge in [-0.2, -0.15) is 0 Å². The number of carbonyl (C=O) groups is 1. The molecular formula is C11H20FNO2. The van der Waals surface area contributed by atoms with Crippen LogP contribution in [-0.4, -0.2) is 35.4 Å². The fraction of sp³-hybridized carbons (Fsp3) is 0.909. The van der Waals surface area contributed by atoms with Gasteiger partial charge in [-0.3, -0.25) is 0 Å². The van der Waals surface area contributed by atoms with Crippen molar-refractivity contribution in [1.82, 2.24) is 4.90 Å². The first-order valence-corrected chi connectivity index (χ1v) is 5.36. The van der Waals surface area contributed by atoms with Crippen molar-refractivity contribution in [3.05, 3.63) is 0 Å². The Morgan fingerprint density at radius 3 is 2.53 bits per heavy atom. The average Bonchev–Trinajstić information content (AvgIpc) is 1.99. The normalized spacial score (nSPS) is 27.7. The summed E-state index contributed by atoms with van der Waals surface area (Å²) in [4.78, 5) is 13.1. The summed E-state index contributed by atoms with van der Waals surface area (Å²) in [7, 11) is 0. The van der Waals surface area contributed by atoms with Crippen molar-refractivity contribution in [2.24, 2.45) is 0 Å². The first-order valence-electron chi connectivity index (χ1n) is 5.36. The lowest BCUT2D eigenvalue weighted by Crippen LogP contribution is -2.48. The topological polar surface area (TPSA) is 29.5 Å². The lowest BCUT2D eigenvalue weighted by Gasteiger charge is -2.35. The Bertz CT molecular complexity index is 245. The van der Waals surface area contributed by atoms with E-state index in [4.69, 9.17) is 4.74 Å². The molecule has 1 fully saturated rings. The van der Waals surface area contributed by atoms with Crippen LogP contribution in [0, 0.1) is 0 Å². The summed E-state index contributed by atoms with van der Waals surface area (Å²) in [6, 6.07) is 0. The third kappa shape index (κ3) is 4.06. The number of amides is 1. The van der Waals surface area contributed by atoms with Gasteiger partial charge in [0.25, 0.3) is 0 Å². The molecular weight excluding hydrogens is 197 g/mol. The molecule has 0 aromatic carbocycles. The molecule has 0 N–H and O–H groups in total. The van der Waals surface area contributed by atoms with Crippen LogP contribution in [0.2, 0.25) is 0 Å². The van der Waals surface area contributed by atoms with Gasteiger partial charge in [-0.15, -0.1) is 0 Å². The van der Waals surface area contributed by atoms with Crippen molar-refractivity contribution in [3.8, 4) is 0 Å². The quantitative estimate of drug-likeness (QED) is 0.624. The zero-order valence-electron chi connectivity index (χ0n) is 9.97. The predicted molar refractivity (Wildman–Crippen MR) is 56.6 cm³/mol. The summed E-state index contributed by atoms with van der Waals surface area (Å²) in [6.07, 6.45) is 0.810. The first kappa shape index (κ1) is 12.3. The van der Waals surface area contributed by atoms with E-state index in [1.807, 2.05) is 20.8 Å². The van der Waals surface area contributed by atoms with E-state index >= 15 is 0 Å². The Labute approximate surface area is 90.6 Å². The van der Waals surface area contributed by atoms with Crippen LogP contribution in [0.3, 0.4) is 0 Å². The number of ether oxygens (including phenoxy) is 1. The van der Waals surface area contributed by atoms with Crippen LogP contribution >= 0.6 is 0 Å². The summed E-state index contributed by atoms with van der Waals surface area (Å²) in [6.45, 7) is 7.69. The molecule has 0 bridgehead atoms. The number of rotatable bonds is 0. The Morgan fingerprint density at radius 1 is 1.47 bits per heavy atom. The number of carbonyl (C=O) groups excluding carboxylic acids is 1. The Morgan fingerprint density at radius 2 is 2.07 bits per heavy atom. The average molecular weight is 217 g/mol. The van der Waals surface area contributed by atoms with Crippen LogP contribution in [0.25, 0.3) is 0 Å². The number of alkyl halides is 1. The SMILES string of the molecule is CC1(F)CCCN(C(=O)OC(C)(C)C)C1. The summed E-state index contributed by atoms with van der Waals surface area (Å²) < 4.78 is 18.9. The van der Waals surface area contributed by atoms with Crippen LogP contribution in [0.15, 0.2) is 0 Å². The molecule has 1 amide bonds. The number of nitrogens with zero attached hydrogens (tertiary/aromatic N) is 1. The first-order chi connectivity index (χ1) is 6.70. The second kappa shape index (κ2) is 3.99. The van der Waals surface area contributed by atoms with Crippen molar-refractivity contribution in [2.45, 2.75) is 51.8 Å². The molecule has 1 aliphatic heterocycles. The van der Waals surface area contributed by atoms with Gasteiger partial charge in [-0.1, -0.05) is 0 Å². The zero-order chi connectivity index (χ0) is 11.7. The molecule has 3 nitrogen and oxygen atoms in total. The smallest absolute Gasteiger partial charge is 0.410 e. The highest BCUT2D eigenvalue weighted by atomic mass is 19.1. The molecule has 1 atom stereocenters. The summed E-state index contributed by atoms with van der Waals surface area (Å²) >= 11 is 0. The van der Waals surface area contributed by atoms with Gasteiger partial charge < -0.3 is 9.64 Å². The molecule has 88 valence electrons. The van der Waals surface area contributed by atoms with E-state index in [1.165, 1.54) is 11.8 Å². The molecule has 0 radical (unpaired) electrons. The van der Waals surface area contributed by atoms with Crippen LogP contribution in [-0.2, 0) is 4.74 Å². The van der Waals surface area contributed by atoms with Crippen molar-refractivity contribution in [1.29, 1.82) is 0 Å². The van der Waals surface area contributed by atoms with E-state index in [0.717, 1.165) is 0 Å². The third-order valence-corrected chi connectivity index (χ3v) is 2.30. The van der Waals surface area contributed by atoms with Crippen molar-refractivity contribution in [3.63, 3.8) is 0 Å². The van der Waals surface area contributed by atoms with Crippen LogP contribution < -0.4 is 0 Å². The number of hydrogen-bond donors (Lipinski definition) is 0. The fourth-order valence-corrected chi connectivity index (χ4v) is 1.68. The highest BCUT2D eigenvalue weighted by Crippen LogP contribution is 2.25. The minimum absolute atomic E-state index is 0.141. The van der Waals surface area contributed by atoms with Gasteiger partial charge >= 0.3 is 6.09 Å². The maximum Gasteiger partial charge on any atom is 0.410 e. The highest BCUT2D eigenvalue weighted by molar-refractivity contribution is 5.68. The molecule has 1 heterocycles. The minimum atomic E-state index is -1.27. The van der Waals surface area contributed by atoms with Gasteiger partial charge in [0.05, 0.1) is 6.54 Å². The van der Waals surface area contributed by atoms with Crippen LogP contribution in [0.1, 0.15) is 40.5 Å². The Kier molecular flexibility index (Phi) is 3.26. The number of piperidine rings is 1. The third-order valence-electron chi connectivity index (χ3n) is 2.30. The monoisotopic (exact) mass is 217 g/mol. The lowest BCUT2D eigenvalue weighted by atomic mass is 9.97. The predicted octanol–water partition coefficient (Wildman–Crippen LogP) is 2.75. The maximum atomic E-state index is 13.7. The molecule has 15 heavy (non-hydrogen) atoms. The molecule has 1 rings (SSSR count). The molecule has 4 heteroatoms. The fourth-order valence-electron chi connectivity index (χ4n) is 1.68. The number of likely N-dealkylation sites (tertiary alicyclic amines) is 1. The van der Waals surface area contributed by atoms with Gasteiger partial charge in [0.2, 0.25) is 0 Å². The van der Waals surface area contributed by atoms with E-state index in [9.17, 15) is 9.18 Å². The molecule has 0 aliphatic carbocycles. The van der Waals surface area contributed by atoms with Crippen molar-refractivity contribution >= 4 is 6.09 Å². The van der Waals surface area contributed by atoms with Crippen LogP contribution in [0.4, 0.5) is 9.18 Å². The van der Waals surface area contributed by atoms with Gasteiger partial charge in [0.1, 0.15) is 11.3 Å². The minimum Gasteiger partial charge on any atom is -0.444 e. The van der Waals surface area contributed by atoms with Crippen LogP contribution in [0.5, 0.6) is 0 Å². The van der Waals surface area contributed by atoms with E-state index in [2.05, 4.69) is 0 Å². The highest BCUT2D eigenvalue weighted by Gasteiger charge is 2.34. The molecule has 0 aromatic heterocycles. The number of hydrogen-bond acceptors (Lipinski definition) is 2. The molecule has 0 saturated carbocycles. The molecule has 1 saturated heterocycles. The second-order valence-electron chi connectivity index (χ2n) is 5.42. The van der Waals surface area contributed by atoms with Gasteiger partial charge in [0.15, 0.2) is 0 Å². The van der Waals surface area contributed by atoms with E-state index in [1.54, 1.807) is 0 Å². The summed E-state index contributed by atoms with van der Waals surface area (Å²) in [5.74, 6) is 0. The lowest BCUT2D eigenvalue weighted by molar-refractivity contribution is -0.000849. The largest absolute Gasteiger partial charge is 0.444 e. The zero-order valence-corrected chi connectivity index (χ0v) is 9.97. The molecule has 1 aliphatic rings. The van der Waals surface area contributed by atoms with Crippen molar-refractivity contribution in [2.75, 3.05) is 13.1 Å². The Hall–Kier alpha value is -0.800. The molecule has 0 aromatic rings. The van der Waals surface area contributed by atoms with Gasteiger partial charge in [0, 0.05) is 6.54 Å². The summed E-state index contributed by atoms with van der Waals surface area (Å²) in [5.41, 5.74) is -1.78. The molecule has 1 unspecified atom stereocenters.